The molecule has 0 unspecified atom stereocenters. The van der Waals surface area contributed by atoms with Crippen molar-refractivity contribution in [1.29, 1.82) is 15.9 Å². The first kappa shape index (κ1) is 13.1. The minimum atomic E-state index is -0.139. The molecule has 0 saturated heterocycles. The van der Waals surface area contributed by atoms with Crippen molar-refractivity contribution in [2.24, 2.45) is 5.73 Å². The Morgan fingerprint density at radius 2 is 1.20 bits per heavy atom. The lowest BCUT2D eigenvalue weighted by molar-refractivity contribution is 1.25. The molecular weight excluding hydrogens is 250 g/mol. The minimum Gasteiger partial charge on any atom is -0.369 e. The Hall–Kier alpha value is -3.31. The number of benzene rings is 2. The first-order chi connectivity index (χ1) is 9.65. The van der Waals surface area contributed by atoms with Crippen molar-refractivity contribution in [3.8, 4) is 12.1 Å². The Morgan fingerprint density at radius 3 is 1.45 bits per heavy atom. The summed E-state index contributed by atoms with van der Waals surface area (Å²) < 4.78 is 0. The Bertz CT molecular complexity index is 644. The van der Waals surface area contributed by atoms with E-state index < -0.39 is 0 Å². The smallest absolute Gasteiger partial charge is 0.197 e. The summed E-state index contributed by atoms with van der Waals surface area (Å²) in [6.07, 6.45) is 0. The summed E-state index contributed by atoms with van der Waals surface area (Å²) in [4.78, 5) is 1.53. The van der Waals surface area contributed by atoms with Crippen molar-refractivity contribution in [3.63, 3.8) is 0 Å². The molecule has 3 N–H and O–H groups in total. The maximum atomic E-state index is 8.79. The molecule has 0 aliphatic rings. The Labute approximate surface area is 116 Å². The van der Waals surface area contributed by atoms with E-state index in [0.717, 1.165) is 0 Å². The fourth-order valence-electron chi connectivity index (χ4n) is 1.80. The van der Waals surface area contributed by atoms with Crippen LogP contribution < -0.4 is 10.6 Å². The molecule has 2 aromatic carbocycles. The highest BCUT2D eigenvalue weighted by Crippen LogP contribution is 2.25. The first-order valence-corrected chi connectivity index (χ1v) is 5.80. The molecule has 0 aromatic heterocycles. The highest BCUT2D eigenvalue weighted by atomic mass is 15.2. The number of nitriles is 2. The van der Waals surface area contributed by atoms with Crippen LogP contribution in [-0.2, 0) is 0 Å². The second-order valence-electron chi connectivity index (χ2n) is 4.04. The van der Waals surface area contributed by atoms with Gasteiger partial charge in [0.2, 0.25) is 0 Å². The summed E-state index contributed by atoms with van der Waals surface area (Å²) in [5.41, 5.74) is 8.06. The molecule has 5 heteroatoms. The van der Waals surface area contributed by atoms with Crippen LogP contribution in [0, 0.1) is 28.1 Å². The molecule has 0 radical (unpaired) electrons. The number of anilines is 2. The predicted octanol–water partition coefficient (Wildman–Crippen LogP) is 2.46. The summed E-state index contributed by atoms with van der Waals surface area (Å²) >= 11 is 0. The summed E-state index contributed by atoms with van der Waals surface area (Å²) in [6, 6.07) is 17.6. The van der Waals surface area contributed by atoms with Gasteiger partial charge in [-0.15, -0.1) is 0 Å². The maximum Gasteiger partial charge on any atom is 0.197 e. The molecule has 5 nitrogen and oxygen atoms in total. The molecule has 2 rings (SSSR count). The van der Waals surface area contributed by atoms with Crippen molar-refractivity contribution >= 4 is 17.3 Å². The van der Waals surface area contributed by atoms with E-state index in [2.05, 4.69) is 0 Å². The van der Waals surface area contributed by atoms with Crippen molar-refractivity contribution in [2.45, 2.75) is 0 Å². The fraction of sp³-hybridized carbons (Fsp3) is 0. The van der Waals surface area contributed by atoms with Crippen LogP contribution in [0.1, 0.15) is 11.1 Å². The van der Waals surface area contributed by atoms with Gasteiger partial charge >= 0.3 is 0 Å². The molecule has 0 aliphatic carbocycles. The van der Waals surface area contributed by atoms with E-state index in [1.165, 1.54) is 4.90 Å². The predicted molar refractivity (Wildman–Crippen MR) is 76.4 cm³/mol. The first-order valence-electron chi connectivity index (χ1n) is 5.80. The van der Waals surface area contributed by atoms with E-state index >= 15 is 0 Å². The summed E-state index contributed by atoms with van der Waals surface area (Å²) in [5, 5.41) is 25.3. The molecule has 0 heterocycles. The normalized spacial score (nSPS) is 9.30. The van der Waals surface area contributed by atoms with Gasteiger partial charge in [0.15, 0.2) is 5.96 Å². The summed E-state index contributed by atoms with van der Waals surface area (Å²) in [5.74, 6) is -0.139. The Balaban J connectivity index is 2.42. The third-order valence-electron chi connectivity index (χ3n) is 2.75. The van der Waals surface area contributed by atoms with Gasteiger partial charge in [-0.25, -0.2) is 0 Å². The van der Waals surface area contributed by atoms with Gasteiger partial charge in [-0.1, -0.05) is 0 Å². The van der Waals surface area contributed by atoms with Crippen LogP contribution in [0.5, 0.6) is 0 Å². The van der Waals surface area contributed by atoms with Gasteiger partial charge in [-0.2, -0.15) is 10.5 Å². The monoisotopic (exact) mass is 261 g/mol. The number of nitrogens with one attached hydrogen (secondary N) is 1. The van der Waals surface area contributed by atoms with Crippen molar-refractivity contribution in [1.82, 2.24) is 0 Å². The van der Waals surface area contributed by atoms with Gasteiger partial charge in [0.25, 0.3) is 0 Å². The molecule has 0 amide bonds. The van der Waals surface area contributed by atoms with E-state index in [-0.39, 0.29) is 5.96 Å². The van der Waals surface area contributed by atoms with Crippen LogP contribution in [0.4, 0.5) is 11.4 Å². The molecule has 2 aromatic rings. The SMILES string of the molecule is N#Cc1ccc(N(C(=N)N)c2ccc(C#N)cc2)cc1. The highest BCUT2D eigenvalue weighted by molar-refractivity contribution is 5.99. The molecule has 0 spiro atoms. The van der Waals surface area contributed by atoms with Gasteiger partial charge in [0.1, 0.15) is 0 Å². The van der Waals surface area contributed by atoms with Gasteiger partial charge in [-0.05, 0) is 48.5 Å². The summed E-state index contributed by atoms with van der Waals surface area (Å²) in [7, 11) is 0. The second kappa shape index (κ2) is 5.55. The van der Waals surface area contributed by atoms with E-state index in [0.29, 0.717) is 22.5 Å². The van der Waals surface area contributed by atoms with E-state index in [1.807, 2.05) is 12.1 Å². The fourth-order valence-corrected chi connectivity index (χ4v) is 1.80. The molecule has 0 aliphatic heterocycles. The third kappa shape index (κ3) is 2.58. The maximum absolute atomic E-state index is 8.79. The van der Waals surface area contributed by atoms with Crippen LogP contribution in [0.2, 0.25) is 0 Å². The number of hydrogen-bond donors (Lipinski definition) is 2. The Kier molecular flexibility index (Phi) is 3.65. The minimum absolute atomic E-state index is 0.139. The van der Waals surface area contributed by atoms with Crippen LogP contribution in [0.15, 0.2) is 48.5 Å². The summed E-state index contributed by atoms with van der Waals surface area (Å²) in [6.45, 7) is 0. The van der Waals surface area contributed by atoms with Gasteiger partial charge in [0.05, 0.1) is 23.3 Å². The molecular formula is C15H11N5. The number of nitrogens with zero attached hydrogens (tertiary/aromatic N) is 3. The molecule has 0 saturated carbocycles. The zero-order chi connectivity index (χ0) is 14.5. The molecule has 0 atom stereocenters. The number of nitrogens with two attached hydrogens (primary N) is 1. The average Bonchev–Trinajstić information content (AvgIpc) is 2.48. The standard InChI is InChI=1S/C15H11N5/c16-9-11-1-5-13(6-2-11)20(15(18)19)14-7-3-12(10-17)4-8-14/h1-8H,(H3,18,19). The topological polar surface area (TPSA) is 101 Å². The van der Waals surface area contributed by atoms with E-state index in [9.17, 15) is 0 Å². The number of hydrogen-bond acceptors (Lipinski definition) is 3. The van der Waals surface area contributed by atoms with Gasteiger partial charge in [-0.3, -0.25) is 10.3 Å². The van der Waals surface area contributed by atoms with Crippen LogP contribution in [0.25, 0.3) is 0 Å². The van der Waals surface area contributed by atoms with E-state index in [4.69, 9.17) is 21.7 Å². The number of guanidine groups is 1. The third-order valence-corrected chi connectivity index (χ3v) is 2.75. The Morgan fingerprint density at radius 1 is 0.850 bits per heavy atom. The van der Waals surface area contributed by atoms with Gasteiger partial charge in [0, 0.05) is 11.4 Å². The van der Waals surface area contributed by atoms with Crippen LogP contribution in [0.3, 0.4) is 0 Å². The van der Waals surface area contributed by atoms with Crippen molar-refractivity contribution in [3.05, 3.63) is 59.7 Å². The quantitative estimate of drug-likeness (QED) is 0.640. The lowest BCUT2D eigenvalue weighted by Crippen LogP contribution is -2.32. The zero-order valence-corrected chi connectivity index (χ0v) is 10.5. The lowest BCUT2D eigenvalue weighted by atomic mass is 10.1. The highest BCUT2D eigenvalue weighted by Gasteiger charge is 2.12. The molecule has 96 valence electrons. The molecule has 0 bridgehead atoms. The van der Waals surface area contributed by atoms with E-state index in [1.54, 1.807) is 48.5 Å². The molecule has 20 heavy (non-hydrogen) atoms. The lowest BCUT2D eigenvalue weighted by Gasteiger charge is -2.22. The molecule has 0 fully saturated rings. The average molecular weight is 261 g/mol. The second-order valence-corrected chi connectivity index (χ2v) is 4.04. The van der Waals surface area contributed by atoms with Gasteiger partial charge < -0.3 is 5.73 Å². The van der Waals surface area contributed by atoms with Crippen molar-refractivity contribution in [2.75, 3.05) is 4.90 Å². The van der Waals surface area contributed by atoms with Crippen LogP contribution in [-0.4, -0.2) is 5.96 Å². The largest absolute Gasteiger partial charge is 0.369 e. The van der Waals surface area contributed by atoms with Crippen molar-refractivity contribution < 1.29 is 0 Å². The number of rotatable bonds is 2. The van der Waals surface area contributed by atoms with Crippen LogP contribution >= 0.6 is 0 Å². The zero-order valence-electron chi connectivity index (χ0n) is 10.5.